The molecule has 200 valence electrons. The summed E-state index contributed by atoms with van der Waals surface area (Å²) in [5.41, 5.74) is -1.63. The first-order chi connectivity index (χ1) is 18.1. The Kier molecular flexibility index (Phi) is 7.88. The minimum atomic E-state index is -1.92. The number of nitrogens with zero attached hydrogens (tertiary/aromatic N) is 4. The number of alkyl halides is 2. The van der Waals surface area contributed by atoms with Crippen LogP contribution in [-0.2, 0) is 10.2 Å². The van der Waals surface area contributed by atoms with Crippen molar-refractivity contribution in [1.29, 1.82) is 0 Å². The molecular weight excluding hydrogens is 508 g/mol. The van der Waals surface area contributed by atoms with Crippen LogP contribution < -0.4 is 4.90 Å². The van der Waals surface area contributed by atoms with Gasteiger partial charge in [-0.25, -0.2) is 27.2 Å². The van der Waals surface area contributed by atoms with E-state index in [0.717, 1.165) is 23.1 Å². The van der Waals surface area contributed by atoms with Gasteiger partial charge in [-0.05, 0) is 61.7 Å². The van der Waals surface area contributed by atoms with Gasteiger partial charge in [0.05, 0.1) is 17.0 Å². The highest BCUT2D eigenvalue weighted by atomic mass is 19.1. The highest BCUT2D eigenvalue weighted by molar-refractivity contribution is 5.89. The number of amides is 1. The van der Waals surface area contributed by atoms with Gasteiger partial charge in [0.1, 0.15) is 17.8 Å². The molecule has 1 saturated carbocycles. The molecule has 2 aromatic heterocycles. The zero-order chi connectivity index (χ0) is 27.4. The van der Waals surface area contributed by atoms with Gasteiger partial charge in [-0.3, -0.25) is 9.88 Å². The van der Waals surface area contributed by atoms with E-state index < -0.39 is 41.6 Å². The third-order valence-corrected chi connectivity index (χ3v) is 6.33. The molecule has 1 N–H and O–H groups in total. The number of anilines is 1. The molecule has 1 atom stereocenters. The predicted octanol–water partition coefficient (Wildman–Crippen LogP) is 5.62. The van der Waals surface area contributed by atoms with Crippen LogP contribution in [0.2, 0.25) is 0 Å². The third-order valence-electron chi connectivity index (χ3n) is 6.33. The van der Waals surface area contributed by atoms with E-state index >= 15 is 0 Å². The van der Waals surface area contributed by atoms with Crippen LogP contribution >= 0.6 is 0 Å². The quantitative estimate of drug-likeness (QED) is 0.357. The van der Waals surface area contributed by atoms with Gasteiger partial charge >= 0.3 is 12.1 Å². The first kappa shape index (κ1) is 27.0. The second kappa shape index (κ2) is 11.1. The second-order valence-corrected chi connectivity index (χ2v) is 9.06. The van der Waals surface area contributed by atoms with E-state index in [0.29, 0.717) is 6.42 Å². The highest BCUT2D eigenvalue weighted by Gasteiger charge is 2.51. The highest BCUT2D eigenvalue weighted by Crippen LogP contribution is 2.46. The average molecular weight is 532 g/mol. The largest absolute Gasteiger partial charge is 0.478 e. The van der Waals surface area contributed by atoms with Crippen LogP contribution in [0.4, 0.5) is 28.2 Å². The minimum absolute atomic E-state index is 0.0324. The summed E-state index contributed by atoms with van der Waals surface area (Å²) in [6.07, 6.45) is -2.93. The Hall–Kier alpha value is -4.09. The maximum atomic E-state index is 14.7. The molecule has 0 radical (unpaired) electrons. The Bertz CT molecular complexity index is 1320. The molecule has 0 saturated heterocycles. The maximum Gasteiger partial charge on any atom is 0.418 e. The lowest BCUT2D eigenvalue weighted by Gasteiger charge is -2.45. The number of carbonyl (C=O) groups is 2. The molecular formula is C26H24F4N4O4. The number of aromatic nitrogens is 3. The molecule has 38 heavy (non-hydrogen) atoms. The zero-order valence-electron chi connectivity index (χ0n) is 20.3. The summed E-state index contributed by atoms with van der Waals surface area (Å²) >= 11 is 0. The molecule has 0 spiro atoms. The fraction of sp³-hybridized carbons (Fsp3) is 0.346. The first-order valence-electron chi connectivity index (χ1n) is 11.9. The van der Waals surface area contributed by atoms with Crippen LogP contribution in [-0.4, -0.2) is 51.4 Å². The van der Waals surface area contributed by atoms with Crippen molar-refractivity contribution >= 4 is 17.9 Å². The van der Waals surface area contributed by atoms with Crippen molar-refractivity contribution in [2.75, 3.05) is 11.4 Å². The molecule has 1 amide bonds. The number of benzene rings is 1. The fourth-order valence-electron chi connectivity index (χ4n) is 4.43. The number of halogens is 4. The number of carboxylic acids is 1. The van der Waals surface area contributed by atoms with Crippen LogP contribution in [0, 0.1) is 11.6 Å². The number of aromatic carboxylic acids is 1. The van der Waals surface area contributed by atoms with Gasteiger partial charge in [-0.1, -0.05) is 6.92 Å². The van der Waals surface area contributed by atoms with Crippen molar-refractivity contribution in [3.8, 4) is 11.3 Å². The summed E-state index contributed by atoms with van der Waals surface area (Å²) < 4.78 is 62.3. The third kappa shape index (κ3) is 5.58. The molecule has 0 bridgehead atoms. The van der Waals surface area contributed by atoms with Crippen molar-refractivity contribution in [2.24, 2.45) is 0 Å². The Labute approximate surface area is 215 Å². The molecule has 1 aliphatic carbocycles. The predicted molar refractivity (Wildman–Crippen MR) is 128 cm³/mol. The minimum Gasteiger partial charge on any atom is -0.478 e. The Morgan fingerprint density at radius 1 is 1.16 bits per heavy atom. The summed E-state index contributed by atoms with van der Waals surface area (Å²) in [5, 5.41) is 17.1. The maximum absolute atomic E-state index is 14.7. The fourth-order valence-corrected chi connectivity index (χ4v) is 4.43. The summed E-state index contributed by atoms with van der Waals surface area (Å²) in [7, 11) is 0. The van der Waals surface area contributed by atoms with Crippen molar-refractivity contribution in [1.82, 2.24) is 15.2 Å². The van der Waals surface area contributed by atoms with Gasteiger partial charge in [0.2, 0.25) is 6.36 Å². The van der Waals surface area contributed by atoms with Gasteiger partial charge in [-0.2, -0.15) is 0 Å². The summed E-state index contributed by atoms with van der Waals surface area (Å²) in [5.74, 6) is -2.84. The molecule has 1 fully saturated rings. The molecule has 0 aliphatic heterocycles. The van der Waals surface area contributed by atoms with Gasteiger partial charge in [0, 0.05) is 30.1 Å². The first-order valence-corrected chi connectivity index (χ1v) is 11.9. The van der Waals surface area contributed by atoms with E-state index in [-0.39, 0.29) is 54.1 Å². The van der Waals surface area contributed by atoms with Crippen molar-refractivity contribution in [2.45, 2.75) is 50.6 Å². The van der Waals surface area contributed by atoms with Crippen LogP contribution in [0.25, 0.3) is 11.3 Å². The molecule has 2 heterocycles. The number of ether oxygens (including phenoxy) is 1. The number of carbonyl (C=O) groups excluding carboxylic acids is 1. The van der Waals surface area contributed by atoms with E-state index in [1.54, 1.807) is 6.92 Å². The summed E-state index contributed by atoms with van der Waals surface area (Å²) in [4.78, 5) is 29.3. The lowest BCUT2D eigenvalue weighted by molar-refractivity contribution is 0.00946. The summed E-state index contributed by atoms with van der Waals surface area (Å²) in [6, 6.07) is 8.27. The van der Waals surface area contributed by atoms with Crippen molar-refractivity contribution < 1.29 is 37.0 Å². The van der Waals surface area contributed by atoms with Crippen LogP contribution in [0.5, 0.6) is 0 Å². The number of hydrogen-bond donors (Lipinski definition) is 1. The van der Waals surface area contributed by atoms with Gasteiger partial charge in [0.25, 0.3) is 0 Å². The number of carboxylic acid groups (broad SMARTS) is 1. The van der Waals surface area contributed by atoms with Gasteiger partial charge in [-0.15, -0.1) is 10.2 Å². The lowest BCUT2D eigenvalue weighted by atomic mass is 9.64. The van der Waals surface area contributed by atoms with Gasteiger partial charge < -0.3 is 9.84 Å². The molecule has 12 heteroatoms. The Balaban J connectivity index is 1.70. The number of hydrogen-bond acceptors (Lipinski definition) is 6. The Morgan fingerprint density at radius 2 is 1.92 bits per heavy atom. The molecule has 8 nitrogen and oxygen atoms in total. The van der Waals surface area contributed by atoms with Crippen molar-refractivity contribution in [3.63, 3.8) is 0 Å². The number of rotatable bonds is 9. The normalized spacial score (nSPS) is 19.3. The van der Waals surface area contributed by atoms with Gasteiger partial charge in [0.15, 0.2) is 5.82 Å². The second-order valence-electron chi connectivity index (χ2n) is 9.06. The topological polar surface area (TPSA) is 106 Å². The van der Waals surface area contributed by atoms with E-state index in [9.17, 15) is 32.3 Å². The SMILES string of the molecule is CCCC(F)OC(=O)N(CC1(c2ncccc2F)CC(F)C1)c1ccc(-c2cc(C(=O)O)ccc2F)nn1. The monoisotopic (exact) mass is 532 g/mol. The Morgan fingerprint density at radius 3 is 2.53 bits per heavy atom. The average Bonchev–Trinajstić information content (AvgIpc) is 2.86. The van der Waals surface area contributed by atoms with Crippen LogP contribution in [0.15, 0.2) is 48.7 Å². The van der Waals surface area contributed by atoms with E-state index in [1.165, 1.54) is 30.5 Å². The smallest absolute Gasteiger partial charge is 0.418 e. The van der Waals surface area contributed by atoms with Crippen LogP contribution in [0.3, 0.4) is 0 Å². The lowest BCUT2D eigenvalue weighted by Crippen LogP contribution is -2.54. The summed E-state index contributed by atoms with van der Waals surface area (Å²) in [6.45, 7) is 1.37. The molecule has 3 aromatic rings. The number of pyridine rings is 1. The van der Waals surface area contributed by atoms with E-state index in [2.05, 4.69) is 15.2 Å². The molecule has 1 aromatic carbocycles. The zero-order valence-corrected chi connectivity index (χ0v) is 20.3. The van der Waals surface area contributed by atoms with Crippen LogP contribution in [0.1, 0.15) is 48.7 Å². The molecule has 1 aliphatic rings. The molecule has 4 rings (SSSR count). The molecule has 1 unspecified atom stereocenters. The van der Waals surface area contributed by atoms with Crippen molar-refractivity contribution in [3.05, 3.63) is 71.6 Å². The standard InChI is InChI=1S/C26H24F4N4O4/c1-2-4-21(30)38-25(37)34(14-26(12-16(27)13-26)23-19(29)5-3-10-31-23)22-9-8-20(32-33-22)17-11-15(24(35)36)6-7-18(17)28/h3,5-11,16,21H,2,4,12-14H2,1H3,(H,35,36). The van der Waals surface area contributed by atoms with E-state index in [4.69, 9.17) is 4.74 Å². The van der Waals surface area contributed by atoms with E-state index in [1.807, 2.05) is 0 Å².